The highest BCUT2D eigenvalue weighted by Crippen LogP contribution is 2.22. The van der Waals surface area contributed by atoms with Gasteiger partial charge in [-0.1, -0.05) is 29.4 Å². The molecule has 0 radical (unpaired) electrons. The van der Waals surface area contributed by atoms with Crippen molar-refractivity contribution in [2.45, 2.75) is 26.3 Å². The van der Waals surface area contributed by atoms with Gasteiger partial charge in [0.15, 0.2) is 0 Å². The molecule has 2 aromatic rings. The van der Waals surface area contributed by atoms with E-state index in [0.717, 1.165) is 69.9 Å². The average molecular weight is 414 g/mol. The Morgan fingerprint density at radius 1 is 1.20 bits per heavy atom. The quantitative estimate of drug-likeness (QED) is 0.740. The average Bonchev–Trinajstić information content (AvgIpc) is 3.23. The van der Waals surface area contributed by atoms with Crippen molar-refractivity contribution in [1.82, 2.24) is 25.3 Å². The van der Waals surface area contributed by atoms with Gasteiger partial charge in [-0.25, -0.2) is 0 Å². The largest absolute Gasteiger partial charge is 0.379 e. The van der Waals surface area contributed by atoms with Crippen LogP contribution in [0.4, 0.5) is 0 Å². The summed E-state index contributed by atoms with van der Waals surface area (Å²) < 4.78 is 10.8. The summed E-state index contributed by atoms with van der Waals surface area (Å²) >= 11 is 0. The summed E-state index contributed by atoms with van der Waals surface area (Å²) in [6.45, 7) is 9.33. The maximum Gasteiger partial charge on any atom is 0.241 e. The zero-order valence-corrected chi connectivity index (χ0v) is 17.7. The van der Waals surface area contributed by atoms with Gasteiger partial charge in [0, 0.05) is 38.3 Å². The van der Waals surface area contributed by atoms with Gasteiger partial charge in [-0.05, 0) is 31.9 Å². The Hall–Kier alpha value is -2.29. The monoisotopic (exact) mass is 413 g/mol. The Morgan fingerprint density at radius 3 is 2.87 bits per heavy atom. The molecule has 2 saturated heterocycles. The standard InChI is InChI=1S/C22H31N5O3/c1-17-5-2-3-7-19(17)21-24-20(30-25-21)16-27-9-4-6-18(15-27)22(28)23-8-10-26-11-13-29-14-12-26/h2-3,5,7,18H,4,6,8-16H2,1H3,(H,23,28). The molecule has 162 valence electrons. The second-order valence-electron chi connectivity index (χ2n) is 8.15. The van der Waals surface area contributed by atoms with Crippen LogP contribution in [0.25, 0.3) is 11.4 Å². The Morgan fingerprint density at radius 2 is 2.03 bits per heavy atom. The Kier molecular flexibility index (Phi) is 7.09. The SMILES string of the molecule is Cc1ccccc1-c1noc(CN2CCCC(C(=O)NCCN3CCOCC3)C2)n1. The van der Waals surface area contributed by atoms with Gasteiger partial charge in [0.1, 0.15) is 0 Å². The van der Waals surface area contributed by atoms with Crippen LogP contribution in [0.3, 0.4) is 0 Å². The van der Waals surface area contributed by atoms with E-state index in [0.29, 0.717) is 24.8 Å². The molecule has 1 aromatic heterocycles. The first-order valence-electron chi connectivity index (χ1n) is 10.9. The third-order valence-electron chi connectivity index (χ3n) is 5.92. The van der Waals surface area contributed by atoms with Crippen LogP contribution in [0.15, 0.2) is 28.8 Å². The molecule has 0 saturated carbocycles. The van der Waals surface area contributed by atoms with E-state index in [9.17, 15) is 4.79 Å². The number of likely N-dealkylation sites (tertiary alicyclic amines) is 1. The third-order valence-corrected chi connectivity index (χ3v) is 5.92. The number of nitrogens with zero attached hydrogens (tertiary/aromatic N) is 4. The van der Waals surface area contributed by atoms with E-state index in [4.69, 9.17) is 9.26 Å². The number of carbonyl (C=O) groups excluding carboxylic acids is 1. The summed E-state index contributed by atoms with van der Waals surface area (Å²) in [5, 5.41) is 7.26. The Balaban J connectivity index is 1.26. The van der Waals surface area contributed by atoms with Gasteiger partial charge in [-0.2, -0.15) is 4.98 Å². The predicted molar refractivity (Wildman–Crippen MR) is 113 cm³/mol. The molecule has 2 fully saturated rings. The molecule has 8 nitrogen and oxygen atoms in total. The van der Waals surface area contributed by atoms with Crippen LogP contribution in [0.2, 0.25) is 0 Å². The van der Waals surface area contributed by atoms with Gasteiger partial charge in [0.05, 0.1) is 25.7 Å². The van der Waals surface area contributed by atoms with Crippen molar-refractivity contribution >= 4 is 5.91 Å². The van der Waals surface area contributed by atoms with E-state index < -0.39 is 0 Å². The summed E-state index contributed by atoms with van der Waals surface area (Å²) in [6, 6.07) is 8.02. The molecule has 1 aromatic carbocycles. The van der Waals surface area contributed by atoms with Crippen molar-refractivity contribution in [2.75, 3.05) is 52.5 Å². The minimum Gasteiger partial charge on any atom is -0.379 e. The highest BCUT2D eigenvalue weighted by molar-refractivity contribution is 5.78. The number of carbonyl (C=O) groups is 1. The third kappa shape index (κ3) is 5.44. The number of aryl methyl sites for hydroxylation is 1. The molecule has 1 amide bonds. The molecular formula is C22H31N5O3. The smallest absolute Gasteiger partial charge is 0.241 e. The summed E-state index contributed by atoms with van der Waals surface area (Å²) in [7, 11) is 0. The van der Waals surface area contributed by atoms with Gasteiger partial charge < -0.3 is 14.6 Å². The van der Waals surface area contributed by atoms with E-state index in [2.05, 4.69) is 25.3 Å². The zero-order valence-electron chi connectivity index (χ0n) is 17.7. The number of piperidine rings is 1. The van der Waals surface area contributed by atoms with Crippen molar-refractivity contribution in [3.8, 4) is 11.4 Å². The Labute approximate surface area is 177 Å². The molecule has 0 bridgehead atoms. The first-order chi connectivity index (χ1) is 14.7. The van der Waals surface area contributed by atoms with E-state index in [1.165, 1.54) is 0 Å². The second kappa shape index (κ2) is 10.1. The van der Waals surface area contributed by atoms with Crippen LogP contribution in [0, 0.1) is 12.8 Å². The van der Waals surface area contributed by atoms with Gasteiger partial charge in [-0.15, -0.1) is 0 Å². The number of aromatic nitrogens is 2. The summed E-state index contributed by atoms with van der Waals surface area (Å²) in [6.07, 6.45) is 1.93. The van der Waals surface area contributed by atoms with Crippen molar-refractivity contribution in [3.63, 3.8) is 0 Å². The molecule has 2 aliphatic heterocycles. The molecule has 3 heterocycles. The van der Waals surface area contributed by atoms with Crippen LogP contribution in [0.1, 0.15) is 24.3 Å². The molecular weight excluding hydrogens is 382 g/mol. The molecule has 30 heavy (non-hydrogen) atoms. The van der Waals surface area contributed by atoms with E-state index >= 15 is 0 Å². The van der Waals surface area contributed by atoms with Crippen molar-refractivity contribution in [3.05, 3.63) is 35.7 Å². The molecule has 2 aliphatic rings. The number of benzene rings is 1. The number of hydrogen-bond donors (Lipinski definition) is 1. The fourth-order valence-corrected chi connectivity index (χ4v) is 4.16. The first kappa shape index (κ1) is 21.0. The lowest BCUT2D eigenvalue weighted by atomic mass is 9.97. The number of hydrogen-bond acceptors (Lipinski definition) is 7. The number of rotatable bonds is 7. The minimum absolute atomic E-state index is 0.0159. The fourth-order valence-electron chi connectivity index (χ4n) is 4.16. The maximum atomic E-state index is 12.6. The van der Waals surface area contributed by atoms with Crippen LogP contribution in [-0.4, -0.2) is 78.3 Å². The van der Waals surface area contributed by atoms with Crippen LogP contribution < -0.4 is 5.32 Å². The maximum absolute atomic E-state index is 12.6. The molecule has 0 spiro atoms. The highest BCUT2D eigenvalue weighted by Gasteiger charge is 2.27. The second-order valence-corrected chi connectivity index (χ2v) is 8.15. The normalized spacial score (nSPS) is 20.9. The highest BCUT2D eigenvalue weighted by atomic mass is 16.5. The van der Waals surface area contributed by atoms with Crippen molar-refractivity contribution in [2.24, 2.45) is 5.92 Å². The topological polar surface area (TPSA) is 83.7 Å². The van der Waals surface area contributed by atoms with Crippen LogP contribution in [-0.2, 0) is 16.1 Å². The lowest BCUT2D eigenvalue weighted by Gasteiger charge is -2.31. The van der Waals surface area contributed by atoms with Gasteiger partial charge in [0.25, 0.3) is 0 Å². The zero-order chi connectivity index (χ0) is 20.8. The lowest BCUT2D eigenvalue weighted by molar-refractivity contribution is -0.126. The summed E-state index contributed by atoms with van der Waals surface area (Å²) in [5.41, 5.74) is 2.11. The van der Waals surface area contributed by atoms with Gasteiger partial charge in [-0.3, -0.25) is 14.6 Å². The molecule has 1 atom stereocenters. The molecule has 4 rings (SSSR count). The van der Waals surface area contributed by atoms with Gasteiger partial charge in [0.2, 0.25) is 17.6 Å². The van der Waals surface area contributed by atoms with Crippen molar-refractivity contribution < 1.29 is 14.1 Å². The number of morpholine rings is 1. The fraction of sp³-hybridized carbons (Fsp3) is 0.591. The minimum atomic E-state index is 0.0159. The van der Waals surface area contributed by atoms with E-state index in [1.54, 1.807) is 0 Å². The summed E-state index contributed by atoms with van der Waals surface area (Å²) in [5.74, 6) is 1.39. The number of amides is 1. The number of nitrogens with one attached hydrogen (secondary N) is 1. The van der Waals surface area contributed by atoms with Crippen molar-refractivity contribution in [1.29, 1.82) is 0 Å². The van der Waals surface area contributed by atoms with E-state index in [1.807, 2.05) is 31.2 Å². The lowest BCUT2D eigenvalue weighted by Crippen LogP contribution is -2.45. The van der Waals surface area contributed by atoms with Gasteiger partial charge >= 0.3 is 0 Å². The first-order valence-corrected chi connectivity index (χ1v) is 10.9. The molecule has 0 aliphatic carbocycles. The van der Waals surface area contributed by atoms with Crippen LogP contribution >= 0.6 is 0 Å². The Bertz CT molecular complexity index is 834. The molecule has 1 unspecified atom stereocenters. The van der Waals surface area contributed by atoms with E-state index in [-0.39, 0.29) is 11.8 Å². The molecule has 8 heteroatoms. The summed E-state index contributed by atoms with van der Waals surface area (Å²) in [4.78, 5) is 21.8. The predicted octanol–water partition coefficient (Wildman–Crippen LogP) is 1.71. The molecule has 1 N–H and O–H groups in total. The van der Waals surface area contributed by atoms with Crippen LogP contribution in [0.5, 0.6) is 0 Å². The number of ether oxygens (including phenoxy) is 1.